The third-order valence-electron chi connectivity index (χ3n) is 7.38. The summed E-state index contributed by atoms with van der Waals surface area (Å²) >= 11 is 0. The summed E-state index contributed by atoms with van der Waals surface area (Å²) in [5.74, 6) is 9.52. The van der Waals surface area contributed by atoms with E-state index in [0.717, 1.165) is 17.5 Å². The molecule has 1 aliphatic heterocycles. The number of hydrogen-bond donors (Lipinski definition) is 5. The van der Waals surface area contributed by atoms with Crippen LogP contribution in [0.1, 0.15) is 62.6 Å². The van der Waals surface area contributed by atoms with Crippen molar-refractivity contribution in [2.24, 2.45) is 28.4 Å². The first kappa shape index (κ1) is 31.6. The fourth-order valence-electron chi connectivity index (χ4n) is 5.21. The van der Waals surface area contributed by atoms with E-state index in [-0.39, 0.29) is 30.8 Å². The molecule has 0 aromatic heterocycles. The standard InChI is InChI=1S/C30H43N7O4/c1-4-41-28(39)24-19-37(18-17-22(24)21-14-8-9-15-23(21)26(35-32)36-33)27(38)25(34-29(40)30(2,3)31)16-10-13-20-11-6-5-7-12-20/h5-9,11-12,14-15,22,24-25H,4,10,13,16-19,31-33H2,1-3H3,(H,34,40)(H,35,36)/t22?,24?,25-/m1/s1. The molecule has 2 amide bonds. The fraction of sp³-hybridized carbons (Fsp3) is 0.467. The summed E-state index contributed by atoms with van der Waals surface area (Å²) in [6.07, 6.45) is 2.36. The second-order valence-electron chi connectivity index (χ2n) is 10.9. The monoisotopic (exact) mass is 565 g/mol. The van der Waals surface area contributed by atoms with Gasteiger partial charge in [0.15, 0.2) is 5.84 Å². The van der Waals surface area contributed by atoms with Crippen molar-refractivity contribution in [2.75, 3.05) is 19.7 Å². The van der Waals surface area contributed by atoms with Gasteiger partial charge >= 0.3 is 5.97 Å². The van der Waals surface area contributed by atoms with E-state index < -0.39 is 29.4 Å². The van der Waals surface area contributed by atoms with Gasteiger partial charge in [0.2, 0.25) is 11.8 Å². The van der Waals surface area contributed by atoms with E-state index in [1.54, 1.807) is 25.7 Å². The molecule has 0 saturated carbocycles. The molecule has 2 aromatic rings. The van der Waals surface area contributed by atoms with Gasteiger partial charge < -0.3 is 32.0 Å². The molecule has 1 saturated heterocycles. The van der Waals surface area contributed by atoms with Gasteiger partial charge in [-0.05, 0) is 57.6 Å². The Morgan fingerprint density at radius 2 is 1.80 bits per heavy atom. The minimum Gasteiger partial charge on any atom is -0.466 e. The average Bonchev–Trinajstić information content (AvgIpc) is 2.97. The van der Waals surface area contributed by atoms with E-state index in [1.165, 1.54) is 0 Å². The molecule has 11 heteroatoms. The highest BCUT2D eigenvalue weighted by atomic mass is 16.5. The minimum atomic E-state index is -1.15. The van der Waals surface area contributed by atoms with Crippen LogP contribution in [0.3, 0.4) is 0 Å². The molecule has 2 unspecified atom stereocenters. The highest BCUT2D eigenvalue weighted by molar-refractivity contribution is 6.00. The maximum Gasteiger partial charge on any atom is 0.311 e. The van der Waals surface area contributed by atoms with Gasteiger partial charge in [0.1, 0.15) is 6.04 Å². The van der Waals surface area contributed by atoms with Gasteiger partial charge in [-0.1, -0.05) is 54.6 Å². The van der Waals surface area contributed by atoms with Crippen LogP contribution < -0.4 is 28.2 Å². The molecule has 1 aliphatic rings. The van der Waals surface area contributed by atoms with Crippen molar-refractivity contribution in [3.8, 4) is 0 Å². The van der Waals surface area contributed by atoms with Crippen molar-refractivity contribution >= 4 is 23.6 Å². The first-order valence-corrected chi connectivity index (χ1v) is 14.0. The van der Waals surface area contributed by atoms with Crippen molar-refractivity contribution in [1.82, 2.24) is 15.6 Å². The van der Waals surface area contributed by atoms with E-state index >= 15 is 0 Å². The number of carbonyl (C=O) groups is 3. The normalized spacial score (nSPS) is 18.4. The zero-order chi connectivity index (χ0) is 30.0. The largest absolute Gasteiger partial charge is 0.466 e. The van der Waals surface area contributed by atoms with Crippen LogP contribution in [-0.2, 0) is 25.5 Å². The van der Waals surface area contributed by atoms with Crippen LogP contribution in [0, 0.1) is 5.92 Å². The Kier molecular flexibility index (Phi) is 11.2. The summed E-state index contributed by atoms with van der Waals surface area (Å²) < 4.78 is 5.44. The lowest BCUT2D eigenvalue weighted by Crippen LogP contribution is -2.58. The summed E-state index contributed by atoms with van der Waals surface area (Å²) in [5, 5.41) is 6.62. The quantitative estimate of drug-likeness (QED) is 0.0894. The second kappa shape index (κ2) is 14.6. The molecule has 41 heavy (non-hydrogen) atoms. The third kappa shape index (κ3) is 8.27. The van der Waals surface area contributed by atoms with Crippen molar-refractivity contribution in [3.05, 3.63) is 71.3 Å². The molecule has 3 atom stereocenters. The van der Waals surface area contributed by atoms with Gasteiger partial charge in [-0.15, -0.1) is 0 Å². The SMILES string of the molecule is CCOC(=O)C1CN(C(=O)[C@@H](CCCc2ccccc2)NC(=O)C(C)(C)N)CCC1c1ccccc1/C(=N/N)NN. The highest BCUT2D eigenvalue weighted by Crippen LogP contribution is 2.36. The number of rotatable bonds is 11. The van der Waals surface area contributed by atoms with Crippen LogP contribution in [0.4, 0.5) is 0 Å². The Balaban J connectivity index is 1.85. The van der Waals surface area contributed by atoms with Crippen LogP contribution >= 0.6 is 0 Å². The fourth-order valence-corrected chi connectivity index (χ4v) is 5.21. The molecule has 2 aromatic carbocycles. The Bertz CT molecular complexity index is 1210. The number of hydrazone groups is 1. The molecule has 8 N–H and O–H groups in total. The molecule has 0 spiro atoms. The van der Waals surface area contributed by atoms with Gasteiger partial charge in [0, 0.05) is 24.6 Å². The van der Waals surface area contributed by atoms with Gasteiger partial charge in [-0.25, -0.2) is 5.84 Å². The van der Waals surface area contributed by atoms with Crippen LogP contribution in [0.25, 0.3) is 0 Å². The number of hydrazine groups is 1. The number of nitrogens with two attached hydrogens (primary N) is 3. The summed E-state index contributed by atoms with van der Waals surface area (Å²) in [6.45, 7) is 5.68. The van der Waals surface area contributed by atoms with Gasteiger partial charge in [-0.3, -0.25) is 14.4 Å². The number of likely N-dealkylation sites (tertiary alicyclic amines) is 1. The smallest absolute Gasteiger partial charge is 0.311 e. The predicted octanol–water partition coefficient (Wildman–Crippen LogP) is 1.51. The zero-order valence-electron chi connectivity index (χ0n) is 24.1. The maximum absolute atomic E-state index is 13.9. The number of benzene rings is 2. The Hall–Kier alpha value is -3.96. The number of esters is 1. The number of amidine groups is 1. The molecular weight excluding hydrogens is 522 g/mol. The molecule has 0 radical (unpaired) electrons. The van der Waals surface area contributed by atoms with Crippen LogP contribution in [0.5, 0.6) is 0 Å². The molecule has 1 heterocycles. The van der Waals surface area contributed by atoms with E-state index in [2.05, 4.69) is 15.8 Å². The van der Waals surface area contributed by atoms with E-state index in [0.29, 0.717) is 31.4 Å². The number of piperidine rings is 1. The van der Waals surface area contributed by atoms with Crippen LogP contribution in [-0.4, -0.2) is 59.8 Å². The number of hydrogen-bond acceptors (Lipinski definition) is 8. The van der Waals surface area contributed by atoms with Crippen LogP contribution in [0.2, 0.25) is 0 Å². The molecule has 11 nitrogen and oxygen atoms in total. The predicted molar refractivity (Wildman–Crippen MR) is 158 cm³/mol. The molecule has 222 valence electrons. The number of carbonyl (C=O) groups excluding carboxylic acids is 3. The number of nitrogens with zero attached hydrogens (tertiary/aromatic N) is 2. The minimum absolute atomic E-state index is 0.138. The van der Waals surface area contributed by atoms with Crippen LogP contribution in [0.15, 0.2) is 59.7 Å². The van der Waals surface area contributed by atoms with Crippen molar-refractivity contribution in [3.63, 3.8) is 0 Å². The van der Waals surface area contributed by atoms with E-state index in [1.807, 2.05) is 54.6 Å². The summed E-state index contributed by atoms with van der Waals surface area (Å²) in [4.78, 5) is 41.6. The lowest BCUT2D eigenvalue weighted by molar-refractivity contribution is -0.153. The molecular formula is C30H43N7O4. The Morgan fingerprint density at radius 1 is 1.12 bits per heavy atom. The second-order valence-corrected chi connectivity index (χ2v) is 10.9. The maximum atomic E-state index is 13.9. The number of amides is 2. The lowest BCUT2D eigenvalue weighted by Gasteiger charge is -2.39. The molecule has 0 bridgehead atoms. The summed E-state index contributed by atoms with van der Waals surface area (Å²) in [6, 6.07) is 16.6. The van der Waals surface area contributed by atoms with Crippen molar-refractivity contribution in [2.45, 2.75) is 64.0 Å². The average molecular weight is 566 g/mol. The molecule has 1 fully saturated rings. The Morgan fingerprint density at radius 3 is 2.44 bits per heavy atom. The molecule has 3 rings (SSSR count). The van der Waals surface area contributed by atoms with Crippen molar-refractivity contribution < 1.29 is 19.1 Å². The topological polar surface area (TPSA) is 178 Å². The first-order valence-electron chi connectivity index (χ1n) is 14.0. The van der Waals surface area contributed by atoms with Gasteiger partial charge in [0.05, 0.1) is 18.1 Å². The lowest BCUT2D eigenvalue weighted by atomic mass is 9.78. The van der Waals surface area contributed by atoms with Gasteiger partial charge in [0.25, 0.3) is 0 Å². The number of nitrogens with one attached hydrogen (secondary N) is 2. The van der Waals surface area contributed by atoms with E-state index in [9.17, 15) is 14.4 Å². The third-order valence-corrected chi connectivity index (χ3v) is 7.38. The molecule has 0 aliphatic carbocycles. The highest BCUT2D eigenvalue weighted by Gasteiger charge is 2.41. The zero-order valence-corrected chi connectivity index (χ0v) is 24.1. The summed E-state index contributed by atoms with van der Waals surface area (Å²) in [7, 11) is 0. The van der Waals surface area contributed by atoms with Crippen molar-refractivity contribution in [1.29, 1.82) is 0 Å². The number of ether oxygens (including phenoxy) is 1. The van der Waals surface area contributed by atoms with Gasteiger partial charge in [-0.2, -0.15) is 5.10 Å². The number of aryl methyl sites for hydroxylation is 1. The first-order chi connectivity index (χ1) is 19.6. The Labute approximate surface area is 241 Å². The van der Waals surface area contributed by atoms with E-state index in [4.69, 9.17) is 22.2 Å². The summed E-state index contributed by atoms with van der Waals surface area (Å²) in [5.41, 5.74) is 10.1.